The summed E-state index contributed by atoms with van der Waals surface area (Å²) < 4.78 is 38.1. The van der Waals surface area contributed by atoms with E-state index in [1.807, 2.05) is 4.90 Å². The molecule has 1 saturated heterocycles. The Hall–Kier alpha value is -1.46. The molecule has 25 heavy (non-hydrogen) atoms. The van der Waals surface area contributed by atoms with Gasteiger partial charge in [-0.15, -0.1) is 0 Å². The van der Waals surface area contributed by atoms with E-state index in [1.165, 1.54) is 14.1 Å². The van der Waals surface area contributed by atoms with Crippen molar-refractivity contribution in [2.75, 3.05) is 41.4 Å². The van der Waals surface area contributed by atoms with Crippen LogP contribution in [-0.2, 0) is 16.8 Å². The van der Waals surface area contributed by atoms with E-state index in [2.05, 4.69) is 9.71 Å². The maximum Gasteiger partial charge on any atom is 0.279 e. The van der Waals surface area contributed by atoms with E-state index in [0.717, 1.165) is 4.31 Å². The number of aromatic nitrogens is 1. The van der Waals surface area contributed by atoms with Crippen molar-refractivity contribution in [1.82, 2.24) is 18.9 Å². The molecule has 0 bridgehead atoms. The zero-order valence-corrected chi connectivity index (χ0v) is 15.8. The summed E-state index contributed by atoms with van der Waals surface area (Å²) >= 11 is 0. The highest BCUT2D eigenvalue weighted by Gasteiger charge is 2.32. The molecule has 142 valence electrons. The van der Waals surface area contributed by atoms with Gasteiger partial charge in [-0.2, -0.15) is 17.4 Å². The number of piperidine rings is 1. The van der Waals surface area contributed by atoms with Gasteiger partial charge in [-0.3, -0.25) is 9.88 Å². The van der Waals surface area contributed by atoms with E-state index >= 15 is 0 Å². The minimum atomic E-state index is -3.57. The molecule has 0 spiro atoms. The average molecular weight is 374 g/mol. The Bertz CT molecular complexity index is 682. The molecule has 1 aliphatic heterocycles. The fourth-order valence-electron chi connectivity index (χ4n) is 2.75. The van der Waals surface area contributed by atoms with Crippen molar-refractivity contribution in [2.24, 2.45) is 0 Å². The quantitative estimate of drug-likeness (QED) is 0.659. The number of pyridine rings is 1. The number of ether oxygens (including phenoxy) is 2. The van der Waals surface area contributed by atoms with E-state index in [-0.39, 0.29) is 0 Å². The molecule has 0 aromatic carbocycles. The normalized spacial score (nSPS) is 22.2. The van der Waals surface area contributed by atoms with Gasteiger partial charge < -0.3 is 14.6 Å². The highest BCUT2D eigenvalue weighted by atomic mass is 32.2. The van der Waals surface area contributed by atoms with Crippen molar-refractivity contribution in [3.05, 3.63) is 18.0 Å². The largest absolute Gasteiger partial charge is 0.493 e. The Kier molecular flexibility index (Phi) is 6.58. The van der Waals surface area contributed by atoms with Crippen molar-refractivity contribution >= 4 is 10.2 Å². The molecule has 9 nitrogen and oxygen atoms in total. The van der Waals surface area contributed by atoms with Crippen LogP contribution in [0.5, 0.6) is 11.5 Å². The molecule has 2 N–H and O–H groups in total. The van der Waals surface area contributed by atoms with Crippen molar-refractivity contribution < 1.29 is 23.0 Å². The summed E-state index contributed by atoms with van der Waals surface area (Å²) in [6.07, 6.45) is 1.34. The molecule has 2 atom stereocenters. The van der Waals surface area contributed by atoms with E-state index in [0.29, 0.717) is 43.2 Å². The van der Waals surface area contributed by atoms with E-state index < -0.39 is 22.4 Å². The van der Waals surface area contributed by atoms with Gasteiger partial charge in [0, 0.05) is 46.0 Å². The Morgan fingerprint density at radius 3 is 2.68 bits per heavy atom. The van der Waals surface area contributed by atoms with Crippen molar-refractivity contribution in [3.8, 4) is 11.5 Å². The molecule has 0 unspecified atom stereocenters. The lowest BCUT2D eigenvalue weighted by atomic mass is 10.0. The molecule has 1 aromatic rings. The minimum Gasteiger partial charge on any atom is -0.493 e. The average Bonchev–Trinajstić information content (AvgIpc) is 2.56. The monoisotopic (exact) mass is 374 g/mol. The third kappa shape index (κ3) is 4.79. The summed E-state index contributed by atoms with van der Waals surface area (Å²) in [5, 5.41) is 10.3. The first-order valence-corrected chi connectivity index (χ1v) is 9.38. The molecule has 2 heterocycles. The number of methoxy groups -OCH3 is 2. The maximum absolute atomic E-state index is 11.9. The summed E-state index contributed by atoms with van der Waals surface area (Å²) in [4.78, 5) is 6.34. The molecule has 0 aliphatic carbocycles. The second-order valence-corrected chi connectivity index (χ2v) is 8.01. The van der Waals surface area contributed by atoms with Crippen molar-refractivity contribution in [2.45, 2.75) is 25.1 Å². The first-order chi connectivity index (χ1) is 11.8. The molecule has 1 aliphatic rings. The number of nitrogens with zero attached hydrogens (tertiary/aromatic N) is 3. The summed E-state index contributed by atoms with van der Waals surface area (Å²) in [5.74, 6) is 1.16. The standard InChI is InChI=1S/C15H26N4O5S/c1-18(2)25(21,22)17-11-6-8-19(10-13(11)20)9-12-15(24-4)14(23-3)5-7-16-12/h5,7,11,13,17,20H,6,8-10H2,1-4H3/t11-,13-/m1/s1. The van der Waals surface area contributed by atoms with Crippen LogP contribution >= 0.6 is 0 Å². The van der Waals surface area contributed by atoms with Crippen molar-refractivity contribution in [1.29, 1.82) is 0 Å². The zero-order chi connectivity index (χ0) is 18.6. The van der Waals surface area contributed by atoms with Gasteiger partial charge in [-0.05, 0) is 6.42 Å². The van der Waals surface area contributed by atoms with Crippen LogP contribution in [0.2, 0.25) is 0 Å². The lowest BCUT2D eigenvalue weighted by Gasteiger charge is -2.36. The fraction of sp³-hybridized carbons (Fsp3) is 0.667. The van der Waals surface area contributed by atoms with Gasteiger partial charge in [0.05, 0.1) is 26.4 Å². The SMILES string of the molecule is COc1ccnc(CN2CC[C@@H](NS(=O)(=O)N(C)C)[C@H](O)C2)c1OC. The third-order valence-electron chi connectivity index (χ3n) is 4.19. The molecule has 0 radical (unpaired) electrons. The maximum atomic E-state index is 11.9. The number of hydrogen-bond donors (Lipinski definition) is 2. The van der Waals surface area contributed by atoms with E-state index in [1.54, 1.807) is 26.5 Å². The highest BCUT2D eigenvalue weighted by molar-refractivity contribution is 7.87. The zero-order valence-electron chi connectivity index (χ0n) is 15.0. The highest BCUT2D eigenvalue weighted by Crippen LogP contribution is 2.30. The van der Waals surface area contributed by atoms with Crippen LogP contribution in [0.25, 0.3) is 0 Å². The Balaban J connectivity index is 2.02. The molecule has 1 aromatic heterocycles. The van der Waals surface area contributed by atoms with Gasteiger partial charge in [0.2, 0.25) is 0 Å². The molecular formula is C15H26N4O5S. The topological polar surface area (TPSA) is 104 Å². The van der Waals surface area contributed by atoms with E-state index in [4.69, 9.17) is 9.47 Å². The van der Waals surface area contributed by atoms with Gasteiger partial charge in [0.1, 0.15) is 5.69 Å². The van der Waals surface area contributed by atoms with Gasteiger partial charge in [0.25, 0.3) is 10.2 Å². The molecular weight excluding hydrogens is 348 g/mol. The minimum absolute atomic E-state index is 0.336. The van der Waals surface area contributed by atoms with Crippen LogP contribution in [-0.4, -0.2) is 81.3 Å². The van der Waals surface area contributed by atoms with Crippen LogP contribution < -0.4 is 14.2 Å². The summed E-state index contributed by atoms with van der Waals surface area (Å²) in [6, 6.07) is 1.21. The van der Waals surface area contributed by atoms with Crippen LogP contribution in [0.3, 0.4) is 0 Å². The first kappa shape index (κ1) is 19.9. The predicted molar refractivity (Wildman–Crippen MR) is 92.8 cm³/mol. The van der Waals surface area contributed by atoms with Crippen LogP contribution in [0, 0.1) is 0 Å². The third-order valence-corrected chi connectivity index (χ3v) is 5.75. The summed E-state index contributed by atoms with van der Waals surface area (Å²) in [6.45, 7) is 1.44. The van der Waals surface area contributed by atoms with Gasteiger partial charge in [-0.1, -0.05) is 0 Å². The Labute approximate surface area is 148 Å². The van der Waals surface area contributed by atoms with Gasteiger partial charge in [-0.25, -0.2) is 0 Å². The smallest absolute Gasteiger partial charge is 0.279 e. The molecule has 0 saturated carbocycles. The first-order valence-electron chi connectivity index (χ1n) is 7.94. The second kappa shape index (κ2) is 8.28. The number of hydrogen-bond acceptors (Lipinski definition) is 7. The van der Waals surface area contributed by atoms with Gasteiger partial charge in [0.15, 0.2) is 11.5 Å². The van der Waals surface area contributed by atoms with Crippen molar-refractivity contribution in [3.63, 3.8) is 0 Å². The van der Waals surface area contributed by atoms with Crippen LogP contribution in [0.4, 0.5) is 0 Å². The van der Waals surface area contributed by atoms with E-state index in [9.17, 15) is 13.5 Å². The number of aliphatic hydroxyl groups is 1. The number of rotatable bonds is 7. The lowest BCUT2D eigenvalue weighted by molar-refractivity contribution is 0.0432. The summed E-state index contributed by atoms with van der Waals surface area (Å²) in [7, 11) is 2.45. The van der Waals surface area contributed by atoms with Gasteiger partial charge >= 0.3 is 0 Å². The molecule has 10 heteroatoms. The fourth-order valence-corrected chi connectivity index (χ4v) is 3.62. The summed E-state index contributed by atoms with van der Waals surface area (Å²) in [5.41, 5.74) is 0.710. The van der Waals surface area contributed by atoms with Crippen LogP contribution in [0.15, 0.2) is 12.3 Å². The second-order valence-electron chi connectivity index (χ2n) is 6.10. The van der Waals surface area contributed by atoms with Crippen LogP contribution in [0.1, 0.15) is 12.1 Å². The molecule has 1 fully saturated rings. The number of nitrogens with one attached hydrogen (secondary N) is 1. The Morgan fingerprint density at radius 1 is 1.40 bits per heavy atom. The number of aliphatic hydroxyl groups excluding tert-OH is 1. The number of β-amino-alcohol motifs (C(OH)–C–C–N with tert-alkyl or cyclic N) is 1. The Morgan fingerprint density at radius 2 is 2.12 bits per heavy atom. The lowest BCUT2D eigenvalue weighted by Crippen LogP contribution is -2.55. The molecule has 2 rings (SSSR count). The molecule has 0 amide bonds. The number of likely N-dealkylation sites (tertiary alicyclic amines) is 1. The predicted octanol–water partition coefficient (Wildman–Crippen LogP) is -0.570.